The SMILES string of the molecule is CC1Oc2cc(C(=O)c3ccccc3)ccc2N(C)C1=O. The Hall–Kier alpha value is -2.62. The van der Waals surface area contributed by atoms with E-state index in [1.165, 1.54) is 0 Å². The summed E-state index contributed by atoms with van der Waals surface area (Å²) in [6.07, 6.45) is -0.537. The number of hydrogen-bond acceptors (Lipinski definition) is 3. The van der Waals surface area contributed by atoms with Gasteiger partial charge in [0.15, 0.2) is 11.9 Å². The fraction of sp³-hybridized carbons (Fsp3) is 0.176. The zero-order chi connectivity index (χ0) is 15.0. The third-order valence-corrected chi connectivity index (χ3v) is 3.60. The number of carbonyl (C=O) groups excluding carboxylic acids is 2. The maximum Gasteiger partial charge on any atom is 0.267 e. The number of rotatable bonds is 2. The van der Waals surface area contributed by atoms with Crippen molar-refractivity contribution in [3.8, 4) is 5.75 Å². The molecule has 4 nitrogen and oxygen atoms in total. The molecule has 1 atom stereocenters. The lowest BCUT2D eigenvalue weighted by Crippen LogP contribution is -2.42. The Labute approximate surface area is 123 Å². The summed E-state index contributed by atoms with van der Waals surface area (Å²) in [5, 5.41) is 0. The summed E-state index contributed by atoms with van der Waals surface area (Å²) in [7, 11) is 1.71. The Balaban J connectivity index is 1.99. The normalized spacial score (nSPS) is 17.1. The van der Waals surface area contributed by atoms with E-state index in [0.717, 1.165) is 0 Å². The van der Waals surface area contributed by atoms with E-state index in [0.29, 0.717) is 22.6 Å². The molecule has 1 unspecified atom stereocenters. The lowest BCUT2D eigenvalue weighted by Gasteiger charge is -2.30. The van der Waals surface area contributed by atoms with Gasteiger partial charge in [0, 0.05) is 18.2 Å². The van der Waals surface area contributed by atoms with Crippen molar-refractivity contribution in [2.45, 2.75) is 13.0 Å². The highest BCUT2D eigenvalue weighted by molar-refractivity contribution is 6.10. The number of benzene rings is 2. The molecule has 1 aliphatic rings. The van der Waals surface area contributed by atoms with E-state index >= 15 is 0 Å². The topological polar surface area (TPSA) is 46.6 Å². The van der Waals surface area contributed by atoms with Gasteiger partial charge in [-0.15, -0.1) is 0 Å². The highest BCUT2D eigenvalue weighted by atomic mass is 16.5. The number of amides is 1. The quantitative estimate of drug-likeness (QED) is 0.795. The van der Waals surface area contributed by atoms with Crippen LogP contribution in [0.4, 0.5) is 5.69 Å². The number of likely N-dealkylation sites (N-methyl/N-ethyl adjacent to an activating group) is 1. The van der Waals surface area contributed by atoms with Crippen molar-refractivity contribution in [2.24, 2.45) is 0 Å². The van der Waals surface area contributed by atoms with Gasteiger partial charge in [-0.3, -0.25) is 9.59 Å². The van der Waals surface area contributed by atoms with E-state index in [2.05, 4.69) is 0 Å². The highest BCUT2D eigenvalue weighted by Crippen LogP contribution is 2.34. The van der Waals surface area contributed by atoms with Gasteiger partial charge in [-0.25, -0.2) is 0 Å². The van der Waals surface area contributed by atoms with Gasteiger partial charge in [0.2, 0.25) is 0 Å². The van der Waals surface area contributed by atoms with Crippen LogP contribution in [0, 0.1) is 0 Å². The molecule has 0 N–H and O–H groups in total. The molecular formula is C17H15NO3. The first-order valence-electron chi connectivity index (χ1n) is 6.76. The van der Waals surface area contributed by atoms with Crippen LogP contribution in [0.15, 0.2) is 48.5 Å². The maximum atomic E-state index is 12.4. The molecule has 0 saturated heterocycles. The van der Waals surface area contributed by atoms with Gasteiger partial charge in [-0.1, -0.05) is 30.3 Å². The summed E-state index contributed by atoms with van der Waals surface area (Å²) < 4.78 is 5.60. The third kappa shape index (κ3) is 2.29. The molecule has 106 valence electrons. The molecule has 4 heteroatoms. The number of ether oxygens (including phenoxy) is 1. The van der Waals surface area contributed by atoms with Crippen molar-refractivity contribution in [2.75, 3.05) is 11.9 Å². The summed E-state index contributed by atoms with van der Waals surface area (Å²) in [6.45, 7) is 1.70. The zero-order valence-corrected chi connectivity index (χ0v) is 11.9. The molecule has 1 heterocycles. The van der Waals surface area contributed by atoms with Crippen molar-refractivity contribution < 1.29 is 14.3 Å². The van der Waals surface area contributed by atoms with Crippen molar-refractivity contribution in [3.05, 3.63) is 59.7 Å². The molecule has 3 rings (SSSR count). The summed E-state index contributed by atoms with van der Waals surface area (Å²) >= 11 is 0. The Morgan fingerprint density at radius 3 is 2.52 bits per heavy atom. The average Bonchev–Trinajstić information content (AvgIpc) is 2.52. The molecular weight excluding hydrogens is 266 g/mol. The molecule has 2 aromatic carbocycles. The van der Waals surface area contributed by atoms with E-state index in [4.69, 9.17) is 4.74 Å². The second kappa shape index (κ2) is 5.05. The van der Waals surface area contributed by atoms with E-state index < -0.39 is 6.10 Å². The van der Waals surface area contributed by atoms with Gasteiger partial charge in [0.1, 0.15) is 5.75 Å². The fourth-order valence-electron chi connectivity index (χ4n) is 2.42. The summed E-state index contributed by atoms with van der Waals surface area (Å²) in [5.74, 6) is 0.408. The molecule has 0 fully saturated rings. The standard InChI is InChI=1S/C17H15NO3/c1-11-17(20)18(2)14-9-8-13(10-15(14)21-11)16(19)12-6-4-3-5-7-12/h3-11H,1-2H3. The summed E-state index contributed by atoms with van der Waals surface area (Å²) in [6, 6.07) is 14.3. The van der Waals surface area contributed by atoms with Crippen LogP contribution in [0.2, 0.25) is 0 Å². The third-order valence-electron chi connectivity index (χ3n) is 3.60. The molecule has 1 aliphatic heterocycles. The largest absolute Gasteiger partial charge is 0.479 e. The van der Waals surface area contributed by atoms with Crippen molar-refractivity contribution in [1.82, 2.24) is 0 Å². The fourth-order valence-corrected chi connectivity index (χ4v) is 2.42. The Bertz CT molecular complexity index is 709. The first-order valence-corrected chi connectivity index (χ1v) is 6.76. The van der Waals surface area contributed by atoms with Gasteiger partial charge in [-0.2, -0.15) is 0 Å². The smallest absolute Gasteiger partial charge is 0.267 e. The van der Waals surface area contributed by atoms with E-state index in [-0.39, 0.29) is 11.7 Å². The minimum absolute atomic E-state index is 0.0609. The summed E-state index contributed by atoms with van der Waals surface area (Å²) in [5.41, 5.74) is 1.86. The molecule has 0 aromatic heterocycles. The van der Waals surface area contributed by atoms with Crippen LogP contribution in [-0.2, 0) is 4.79 Å². The number of fused-ring (bicyclic) bond motifs is 1. The Kier molecular flexibility index (Phi) is 3.22. The molecule has 1 amide bonds. The summed E-state index contributed by atoms with van der Waals surface area (Å²) in [4.78, 5) is 25.8. The Morgan fingerprint density at radius 2 is 1.81 bits per heavy atom. The lowest BCUT2D eigenvalue weighted by atomic mass is 10.0. The van der Waals surface area contributed by atoms with Crippen LogP contribution in [0.1, 0.15) is 22.8 Å². The van der Waals surface area contributed by atoms with Crippen LogP contribution in [0.25, 0.3) is 0 Å². The molecule has 0 radical (unpaired) electrons. The Morgan fingerprint density at radius 1 is 1.10 bits per heavy atom. The molecule has 0 saturated carbocycles. The van der Waals surface area contributed by atoms with Crippen molar-refractivity contribution in [3.63, 3.8) is 0 Å². The van der Waals surface area contributed by atoms with E-state index in [1.807, 2.05) is 18.2 Å². The molecule has 21 heavy (non-hydrogen) atoms. The van der Waals surface area contributed by atoms with Crippen LogP contribution >= 0.6 is 0 Å². The van der Waals surface area contributed by atoms with Crippen molar-refractivity contribution >= 4 is 17.4 Å². The van der Waals surface area contributed by atoms with Crippen LogP contribution in [0.3, 0.4) is 0 Å². The highest BCUT2D eigenvalue weighted by Gasteiger charge is 2.29. The van der Waals surface area contributed by atoms with Crippen LogP contribution in [-0.4, -0.2) is 24.8 Å². The number of ketones is 1. The number of nitrogens with zero attached hydrogens (tertiary/aromatic N) is 1. The monoisotopic (exact) mass is 281 g/mol. The molecule has 0 aliphatic carbocycles. The number of hydrogen-bond donors (Lipinski definition) is 0. The van der Waals surface area contributed by atoms with E-state index in [1.54, 1.807) is 49.2 Å². The minimum atomic E-state index is -0.537. The van der Waals surface area contributed by atoms with Gasteiger partial charge < -0.3 is 9.64 Å². The second-order valence-corrected chi connectivity index (χ2v) is 5.03. The van der Waals surface area contributed by atoms with Crippen molar-refractivity contribution in [1.29, 1.82) is 0 Å². The molecule has 0 bridgehead atoms. The number of carbonyl (C=O) groups is 2. The second-order valence-electron chi connectivity index (χ2n) is 5.03. The lowest BCUT2D eigenvalue weighted by molar-refractivity contribution is -0.125. The molecule has 2 aromatic rings. The average molecular weight is 281 g/mol. The maximum absolute atomic E-state index is 12.4. The van der Waals surface area contributed by atoms with Gasteiger partial charge >= 0.3 is 0 Å². The molecule has 0 spiro atoms. The van der Waals surface area contributed by atoms with Crippen LogP contribution in [0.5, 0.6) is 5.75 Å². The van der Waals surface area contributed by atoms with Gasteiger partial charge in [0.25, 0.3) is 5.91 Å². The van der Waals surface area contributed by atoms with Gasteiger partial charge in [-0.05, 0) is 25.1 Å². The zero-order valence-electron chi connectivity index (χ0n) is 11.9. The van der Waals surface area contributed by atoms with Gasteiger partial charge in [0.05, 0.1) is 5.69 Å². The van der Waals surface area contributed by atoms with Crippen LogP contribution < -0.4 is 9.64 Å². The predicted molar refractivity (Wildman–Crippen MR) is 79.8 cm³/mol. The predicted octanol–water partition coefficient (Wildman–Crippen LogP) is 2.66. The minimum Gasteiger partial charge on any atom is -0.479 e. The first-order chi connectivity index (χ1) is 10.1. The first kappa shape index (κ1) is 13.4. The number of anilines is 1. The van der Waals surface area contributed by atoms with E-state index in [9.17, 15) is 9.59 Å².